The lowest BCUT2D eigenvalue weighted by Gasteiger charge is -2.09. The van der Waals surface area contributed by atoms with E-state index < -0.39 is 5.97 Å². The van der Waals surface area contributed by atoms with E-state index in [1.807, 2.05) is 31.2 Å². The van der Waals surface area contributed by atoms with Gasteiger partial charge in [0.2, 0.25) is 0 Å². The van der Waals surface area contributed by atoms with Crippen molar-refractivity contribution >= 4 is 11.7 Å². The zero-order chi connectivity index (χ0) is 14.5. The summed E-state index contributed by atoms with van der Waals surface area (Å²) in [6.45, 7) is 2.00. The van der Waals surface area contributed by atoms with E-state index in [1.165, 1.54) is 22.9 Å². The summed E-state index contributed by atoms with van der Waals surface area (Å²) in [4.78, 5) is 23.3. The van der Waals surface area contributed by atoms with Gasteiger partial charge in [-0.15, -0.1) is 0 Å². The van der Waals surface area contributed by atoms with Gasteiger partial charge in [0.15, 0.2) is 0 Å². The molecule has 2 N–H and O–H groups in total. The first-order valence-corrected chi connectivity index (χ1v) is 6.22. The Morgan fingerprint density at radius 2 is 2.00 bits per heavy atom. The van der Waals surface area contributed by atoms with Gasteiger partial charge in [0.25, 0.3) is 5.56 Å². The molecule has 0 atom stereocenters. The first-order chi connectivity index (χ1) is 9.56. The van der Waals surface area contributed by atoms with E-state index in [0.717, 1.165) is 11.1 Å². The number of anilines is 1. The normalized spacial score (nSPS) is 10.2. The molecule has 0 fully saturated rings. The van der Waals surface area contributed by atoms with Crippen molar-refractivity contribution in [1.82, 2.24) is 4.57 Å². The Morgan fingerprint density at radius 1 is 1.25 bits per heavy atom. The van der Waals surface area contributed by atoms with Gasteiger partial charge in [-0.1, -0.05) is 24.3 Å². The van der Waals surface area contributed by atoms with Crippen LogP contribution in [0.1, 0.15) is 11.1 Å². The van der Waals surface area contributed by atoms with Crippen molar-refractivity contribution in [3.05, 3.63) is 64.1 Å². The number of nitrogen functional groups attached to an aromatic ring is 1. The highest BCUT2D eigenvalue weighted by Gasteiger charge is 2.07. The molecule has 0 spiro atoms. The zero-order valence-electron chi connectivity index (χ0n) is 11.2. The molecule has 0 unspecified atom stereocenters. The van der Waals surface area contributed by atoms with E-state index in [1.54, 1.807) is 0 Å². The second kappa shape index (κ2) is 6.06. The molecule has 2 aromatic rings. The number of nitrogens with two attached hydrogens (primary N) is 1. The molecule has 1 aromatic heterocycles. The third kappa shape index (κ3) is 3.47. The summed E-state index contributed by atoms with van der Waals surface area (Å²) in [7, 11) is 0. The van der Waals surface area contributed by atoms with Gasteiger partial charge >= 0.3 is 5.97 Å². The number of benzene rings is 1. The molecule has 104 valence electrons. The lowest BCUT2D eigenvalue weighted by atomic mass is 10.1. The van der Waals surface area contributed by atoms with Gasteiger partial charge in [0.1, 0.15) is 13.2 Å². The number of rotatable bonds is 4. The maximum atomic E-state index is 11.7. The van der Waals surface area contributed by atoms with Gasteiger partial charge in [-0.05, 0) is 24.1 Å². The van der Waals surface area contributed by atoms with Gasteiger partial charge in [-0.25, -0.2) is 0 Å². The molecule has 2 rings (SSSR count). The van der Waals surface area contributed by atoms with E-state index in [-0.39, 0.29) is 18.7 Å². The molecular formula is C15H16N2O3. The number of carbonyl (C=O) groups excluding carboxylic acids is 1. The quantitative estimate of drug-likeness (QED) is 0.855. The van der Waals surface area contributed by atoms with E-state index in [9.17, 15) is 9.59 Å². The Bertz CT molecular complexity index is 677. The smallest absolute Gasteiger partial charge is 0.326 e. The third-order valence-corrected chi connectivity index (χ3v) is 2.96. The average Bonchev–Trinajstić information content (AvgIpc) is 2.42. The first-order valence-electron chi connectivity index (χ1n) is 6.22. The topological polar surface area (TPSA) is 74.3 Å². The Labute approximate surface area is 116 Å². The average molecular weight is 272 g/mol. The second-order valence-corrected chi connectivity index (χ2v) is 4.52. The minimum Gasteiger partial charge on any atom is -0.459 e. The number of hydrogen-bond donors (Lipinski definition) is 1. The van der Waals surface area contributed by atoms with Crippen molar-refractivity contribution in [3.8, 4) is 0 Å². The van der Waals surface area contributed by atoms with Crippen molar-refractivity contribution in [1.29, 1.82) is 0 Å². The molecule has 1 aromatic carbocycles. The fourth-order valence-corrected chi connectivity index (χ4v) is 1.79. The Hall–Kier alpha value is -2.56. The number of ether oxygens (including phenoxy) is 1. The van der Waals surface area contributed by atoms with Gasteiger partial charge in [-0.3, -0.25) is 9.59 Å². The van der Waals surface area contributed by atoms with Crippen LogP contribution >= 0.6 is 0 Å². The van der Waals surface area contributed by atoms with Crippen LogP contribution in [0.4, 0.5) is 5.69 Å². The van der Waals surface area contributed by atoms with Gasteiger partial charge in [0, 0.05) is 18.0 Å². The predicted molar refractivity (Wildman–Crippen MR) is 76.1 cm³/mol. The summed E-state index contributed by atoms with van der Waals surface area (Å²) in [6, 6.07) is 10.5. The highest BCUT2D eigenvalue weighted by Crippen LogP contribution is 2.08. The van der Waals surface area contributed by atoms with Gasteiger partial charge in [0.05, 0.1) is 0 Å². The van der Waals surface area contributed by atoms with E-state index >= 15 is 0 Å². The molecule has 1 heterocycles. The largest absolute Gasteiger partial charge is 0.459 e. The lowest BCUT2D eigenvalue weighted by molar-refractivity contribution is -0.145. The number of aromatic nitrogens is 1. The third-order valence-electron chi connectivity index (χ3n) is 2.96. The highest BCUT2D eigenvalue weighted by molar-refractivity contribution is 5.69. The van der Waals surface area contributed by atoms with Crippen LogP contribution in [0.2, 0.25) is 0 Å². The van der Waals surface area contributed by atoms with E-state index in [2.05, 4.69) is 0 Å². The number of hydrogen-bond acceptors (Lipinski definition) is 4. The van der Waals surface area contributed by atoms with Crippen LogP contribution in [-0.2, 0) is 22.7 Å². The van der Waals surface area contributed by atoms with Gasteiger partial charge < -0.3 is 15.0 Å². The summed E-state index contributed by atoms with van der Waals surface area (Å²) in [5.41, 5.74) is 7.72. The Balaban J connectivity index is 1.98. The minimum absolute atomic E-state index is 0.143. The minimum atomic E-state index is -0.471. The van der Waals surface area contributed by atoms with Crippen LogP contribution in [0.5, 0.6) is 0 Å². The van der Waals surface area contributed by atoms with Crippen molar-refractivity contribution in [2.75, 3.05) is 5.73 Å². The van der Waals surface area contributed by atoms with Crippen LogP contribution in [0.15, 0.2) is 47.4 Å². The molecule has 0 aliphatic heterocycles. The SMILES string of the molecule is Cc1ccccc1COC(=O)Cn1cc(N)ccc1=O. The van der Waals surface area contributed by atoms with Crippen molar-refractivity contribution in [2.24, 2.45) is 0 Å². The molecule has 0 amide bonds. The second-order valence-electron chi connectivity index (χ2n) is 4.52. The van der Waals surface area contributed by atoms with Crippen LogP contribution in [0.3, 0.4) is 0 Å². The Kier molecular flexibility index (Phi) is 4.20. The summed E-state index contributed by atoms with van der Waals surface area (Å²) in [6.07, 6.45) is 1.43. The summed E-state index contributed by atoms with van der Waals surface area (Å²) in [5.74, 6) is -0.471. The van der Waals surface area contributed by atoms with E-state index in [0.29, 0.717) is 5.69 Å². The van der Waals surface area contributed by atoms with E-state index in [4.69, 9.17) is 10.5 Å². The van der Waals surface area contributed by atoms with Crippen LogP contribution in [-0.4, -0.2) is 10.5 Å². The Morgan fingerprint density at radius 3 is 2.75 bits per heavy atom. The van der Waals surface area contributed by atoms with Crippen LogP contribution in [0.25, 0.3) is 0 Å². The zero-order valence-corrected chi connectivity index (χ0v) is 11.2. The number of nitrogens with zero attached hydrogens (tertiary/aromatic N) is 1. The fraction of sp³-hybridized carbons (Fsp3) is 0.200. The van der Waals surface area contributed by atoms with Crippen LogP contribution in [0, 0.1) is 6.92 Å². The number of pyridine rings is 1. The van der Waals surface area contributed by atoms with Crippen molar-refractivity contribution < 1.29 is 9.53 Å². The molecule has 0 bridgehead atoms. The fourth-order valence-electron chi connectivity index (χ4n) is 1.79. The monoisotopic (exact) mass is 272 g/mol. The standard InChI is InChI=1S/C15H16N2O3/c1-11-4-2-3-5-12(11)10-20-15(19)9-17-8-13(16)6-7-14(17)18/h2-8H,9-10,16H2,1H3. The molecule has 0 aliphatic rings. The molecule has 5 heteroatoms. The van der Waals surface area contributed by atoms with Crippen molar-refractivity contribution in [2.45, 2.75) is 20.1 Å². The maximum absolute atomic E-state index is 11.7. The first kappa shape index (κ1) is 13.9. The maximum Gasteiger partial charge on any atom is 0.326 e. The molecule has 0 radical (unpaired) electrons. The molecule has 20 heavy (non-hydrogen) atoms. The molecule has 5 nitrogen and oxygen atoms in total. The number of carbonyl (C=O) groups is 1. The predicted octanol–water partition coefficient (Wildman–Crippen LogP) is 1.48. The summed E-state index contributed by atoms with van der Waals surface area (Å²) in [5, 5.41) is 0. The molecule has 0 aliphatic carbocycles. The molecular weight excluding hydrogens is 256 g/mol. The summed E-state index contributed by atoms with van der Waals surface area (Å²) >= 11 is 0. The van der Waals surface area contributed by atoms with Crippen LogP contribution < -0.4 is 11.3 Å². The number of esters is 1. The highest BCUT2D eigenvalue weighted by atomic mass is 16.5. The summed E-state index contributed by atoms with van der Waals surface area (Å²) < 4.78 is 6.40. The number of aryl methyl sites for hydroxylation is 1. The van der Waals surface area contributed by atoms with Gasteiger partial charge in [-0.2, -0.15) is 0 Å². The lowest BCUT2D eigenvalue weighted by Crippen LogP contribution is -2.24. The molecule has 0 saturated carbocycles. The van der Waals surface area contributed by atoms with Crippen molar-refractivity contribution in [3.63, 3.8) is 0 Å². The molecule has 0 saturated heterocycles.